The highest BCUT2D eigenvalue weighted by Gasteiger charge is 2.28. The Hall–Kier alpha value is -5.62. The van der Waals surface area contributed by atoms with Crippen LogP contribution in [0.2, 0.25) is 0 Å². The number of nitrogen functional groups attached to an aromatic ring is 2. The third kappa shape index (κ3) is 8.32. The van der Waals surface area contributed by atoms with Gasteiger partial charge in [0.25, 0.3) is 0 Å². The number of nitrogens with two attached hydrogens (primary N) is 2. The van der Waals surface area contributed by atoms with Gasteiger partial charge in [0.05, 0.1) is 24.7 Å². The predicted octanol–water partition coefficient (Wildman–Crippen LogP) is 1.90. The second-order valence-corrected chi connectivity index (χ2v) is 12.6. The molecule has 264 valence electrons. The third-order valence-corrected chi connectivity index (χ3v) is 8.57. The molecule has 4 heterocycles. The molecule has 4 aliphatic rings. The van der Waals surface area contributed by atoms with E-state index in [1.54, 1.807) is 12.7 Å². The van der Waals surface area contributed by atoms with E-state index >= 15 is 0 Å². The number of hydrogen-bond acceptors (Lipinski definition) is 14. The number of nitrogens with zero attached hydrogens (tertiary/aromatic N) is 8. The van der Waals surface area contributed by atoms with Crippen molar-refractivity contribution in [3.63, 3.8) is 0 Å². The fourth-order valence-electron chi connectivity index (χ4n) is 5.73. The molecule has 2 fully saturated rings. The summed E-state index contributed by atoms with van der Waals surface area (Å²) in [4.78, 5) is 45.3. The quantitative estimate of drug-likeness (QED) is 0.0872. The molecule has 18 nitrogen and oxygen atoms in total. The van der Waals surface area contributed by atoms with Gasteiger partial charge in [0.2, 0.25) is 11.9 Å². The average Bonchev–Trinajstić information content (AvgIpc) is 3.81. The van der Waals surface area contributed by atoms with Gasteiger partial charge in [-0.1, -0.05) is 24.3 Å². The molecule has 4 atom stereocenters. The molecule has 0 amide bonds. The van der Waals surface area contributed by atoms with Crippen LogP contribution in [-0.2, 0) is 9.59 Å². The maximum atomic E-state index is 9.55. The second-order valence-electron chi connectivity index (χ2n) is 12.6. The number of anilines is 4. The molecule has 0 aromatic carbocycles. The normalized spacial score (nSPS) is 22.4. The van der Waals surface area contributed by atoms with Crippen LogP contribution in [0.25, 0.3) is 22.3 Å². The molecule has 0 bridgehead atoms. The van der Waals surface area contributed by atoms with Crippen LogP contribution in [0.4, 0.5) is 23.5 Å². The summed E-state index contributed by atoms with van der Waals surface area (Å²) in [5.74, 6) is -0.147. The summed E-state index contributed by atoms with van der Waals surface area (Å²) in [5, 5.41) is 40.9. The van der Waals surface area contributed by atoms with Crippen LogP contribution in [0.15, 0.2) is 49.1 Å². The lowest BCUT2D eigenvalue weighted by molar-refractivity contribution is -0.134. The Morgan fingerprint density at radius 3 is 1.42 bits per heavy atom. The minimum absolute atomic E-state index is 0.162. The van der Waals surface area contributed by atoms with E-state index in [9.17, 15) is 19.8 Å². The largest absolute Gasteiger partial charge is 0.478 e. The standard InChI is InChI=1S/2C14H18N6O.C4H4O4/c2*15-14-18-12(17-9-2-3-9)11-13(19-14)20(7-16-11)10-4-1-8(5-10)6-21;5-3(6)1-2-4(7)8/h2*1,4,7-10,21H,2-3,5-6H2,(H3,15,17,18,19);1-2H,(H,5,6)(H,7,8)/b;;2-1-/t2*8-,10+;/m11./s1. The molecular weight excluding hydrogens is 648 g/mol. The highest BCUT2D eigenvalue weighted by molar-refractivity contribution is 5.89. The van der Waals surface area contributed by atoms with Crippen LogP contribution in [0.3, 0.4) is 0 Å². The summed E-state index contributed by atoms with van der Waals surface area (Å²) in [5.41, 5.74) is 14.7. The van der Waals surface area contributed by atoms with Gasteiger partial charge in [0.15, 0.2) is 34.0 Å². The van der Waals surface area contributed by atoms with E-state index in [4.69, 9.17) is 21.7 Å². The maximum Gasteiger partial charge on any atom is 0.328 e. The third-order valence-electron chi connectivity index (χ3n) is 8.57. The molecule has 18 heteroatoms. The Morgan fingerprint density at radius 1 is 0.700 bits per heavy atom. The van der Waals surface area contributed by atoms with Crippen molar-refractivity contribution >= 4 is 57.8 Å². The number of carbonyl (C=O) groups is 2. The number of rotatable bonds is 10. The van der Waals surface area contributed by atoms with Gasteiger partial charge < -0.3 is 51.7 Å². The van der Waals surface area contributed by atoms with Crippen molar-refractivity contribution in [2.45, 2.75) is 62.7 Å². The van der Waals surface area contributed by atoms with Crippen LogP contribution in [-0.4, -0.2) is 96.7 Å². The van der Waals surface area contributed by atoms with E-state index in [0.717, 1.165) is 72.5 Å². The number of imidazole rings is 2. The zero-order valence-corrected chi connectivity index (χ0v) is 27.1. The number of aliphatic carboxylic acids is 2. The van der Waals surface area contributed by atoms with Crippen LogP contribution in [0.5, 0.6) is 0 Å². The summed E-state index contributed by atoms with van der Waals surface area (Å²) in [6.07, 6.45) is 19.3. The van der Waals surface area contributed by atoms with E-state index in [0.29, 0.717) is 24.2 Å². The zero-order chi connectivity index (χ0) is 35.4. The number of carboxylic acids is 2. The van der Waals surface area contributed by atoms with Crippen molar-refractivity contribution in [1.29, 1.82) is 0 Å². The number of nitrogens with one attached hydrogen (secondary N) is 2. The van der Waals surface area contributed by atoms with Crippen molar-refractivity contribution in [2.24, 2.45) is 11.8 Å². The summed E-state index contributed by atoms with van der Waals surface area (Å²) in [7, 11) is 0. The lowest BCUT2D eigenvalue weighted by Crippen LogP contribution is -2.10. The lowest BCUT2D eigenvalue weighted by Gasteiger charge is -2.13. The summed E-state index contributed by atoms with van der Waals surface area (Å²) in [6, 6.07) is 1.29. The topological polar surface area (TPSA) is 278 Å². The minimum Gasteiger partial charge on any atom is -0.478 e. The summed E-state index contributed by atoms with van der Waals surface area (Å²) in [6.45, 7) is 0.344. The second kappa shape index (κ2) is 14.9. The molecule has 4 aliphatic carbocycles. The molecule has 0 unspecified atom stereocenters. The number of carboxylic acid groups (broad SMARTS) is 2. The fourth-order valence-corrected chi connectivity index (χ4v) is 5.73. The first kappa shape index (κ1) is 34.3. The molecule has 10 N–H and O–H groups in total. The Labute approximate surface area is 285 Å². The molecule has 8 rings (SSSR count). The van der Waals surface area contributed by atoms with Gasteiger partial charge in [-0.15, -0.1) is 0 Å². The van der Waals surface area contributed by atoms with E-state index in [1.807, 2.05) is 21.3 Å². The highest BCUT2D eigenvalue weighted by Crippen LogP contribution is 2.34. The summed E-state index contributed by atoms with van der Waals surface area (Å²) < 4.78 is 4.02. The number of fused-ring (bicyclic) bond motifs is 2. The Bertz CT molecular complexity index is 1810. The van der Waals surface area contributed by atoms with Crippen molar-refractivity contribution in [2.75, 3.05) is 35.3 Å². The Morgan fingerprint density at radius 2 is 1.10 bits per heavy atom. The molecule has 0 aliphatic heterocycles. The number of allylic oxidation sites excluding steroid dienone is 2. The van der Waals surface area contributed by atoms with E-state index in [-0.39, 0.29) is 49.0 Å². The van der Waals surface area contributed by atoms with Crippen molar-refractivity contribution in [3.8, 4) is 0 Å². The van der Waals surface area contributed by atoms with Crippen molar-refractivity contribution in [1.82, 2.24) is 39.0 Å². The molecular formula is C32H40N12O6. The van der Waals surface area contributed by atoms with Gasteiger partial charge in [-0.25, -0.2) is 19.6 Å². The van der Waals surface area contributed by atoms with Crippen molar-refractivity contribution in [3.05, 3.63) is 49.1 Å². The first-order valence-electron chi connectivity index (χ1n) is 16.4. The van der Waals surface area contributed by atoms with E-state index < -0.39 is 11.9 Å². The molecule has 2 saturated carbocycles. The fraction of sp³-hybridized carbons (Fsp3) is 0.438. The van der Waals surface area contributed by atoms with E-state index in [2.05, 4.69) is 52.7 Å². The molecule has 4 aromatic rings. The van der Waals surface area contributed by atoms with Crippen LogP contribution >= 0.6 is 0 Å². The van der Waals surface area contributed by atoms with Gasteiger partial charge in [0, 0.05) is 49.3 Å². The smallest absolute Gasteiger partial charge is 0.328 e. The lowest BCUT2D eigenvalue weighted by atomic mass is 10.1. The molecule has 0 radical (unpaired) electrons. The highest BCUT2D eigenvalue weighted by atomic mass is 16.4. The summed E-state index contributed by atoms with van der Waals surface area (Å²) >= 11 is 0. The number of aliphatic hydroxyl groups excluding tert-OH is 2. The van der Waals surface area contributed by atoms with Crippen LogP contribution < -0.4 is 22.1 Å². The van der Waals surface area contributed by atoms with Crippen LogP contribution in [0, 0.1) is 11.8 Å². The first-order valence-corrected chi connectivity index (χ1v) is 16.4. The SMILES string of the molecule is Nc1nc(NC2CC2)c2ncn([C@H]3C=C[C@@H](CO)C3)c2n1.Nc1nc(NC2CC2)c2ncn([C@H]3C=C[C@@H](CO)C3)c2n1.O=C(O)/C=C\C(=O)O. The Kier molecular flexibility index (Phi) is 10.2. The number of aliphatic hydroxyl groups is 2. The van der Waals surface area contributed by atoms with Crippen LogP contribution in [0.1, 0.15) is 50.6 Å². The van der Waals surface area contributed by atoms with Gasteiger partial charge in [0.1, 0.15) is 0 Å². The monoisotopic (exact) mass is 688 g/mol. The van der Waals surface area contributed by atoms with E-state index in [1.165, 1.54) is 0 Å². The molecule has 4 aromatic heterocycles. The van der Waals surface area contributed by atoms with Gasteiger partial charge in [-0.2, -0.15) is 19.9 Å². The minimum atomic E-state index is -1.26. The molecule has 0 spiro atoms. The average molecular weight is 689 g/mol. The first-order chi connectivity index (χ1) is 24.1. The predicted molar refractivity (Wildman–Crippen MR) is 184 cm³/mol. The van der Waals surface area contributed by atoms with Gasteiger partial charge >= 0.3 is 11.9 Å². The zero-order valence-electron chi connectivity index (χ0n) is 27.1. The number of hydrogen-bond donors (Lipinski definition) is 8. The maximum absolute atomic E-state index is 9.55. The van der Waals surface area contributed by atoms with Crippen molar-refractivity contribution < 1.29 is 30.0 Å². The molecule has 50 heavy (non-hydrogen) atoms. The van der Waals surface area contributed by atoms with Gasteiger partial charge in [-0.3, -0.25) is 0 Å². The Balaban J connectivity index is 0.000000143. The number of aromatic nitrogens is 8. The van der Waals surface area contributed by atoms with Gasteiger partial charge in [-0.05, 0) is 38.5 Å². The molecule has 0 saturated heterocycles.